The fraction of sp³-hybridized carbons (Fsp3) is 0.400. The molecule has 0 aliphatic carbocycles. The van der Waals surface area contributed by atoms with Crippen molar-refractivity contribution >= 4 is 16.8 Å². The molecule has 0 spiro atoms. The Morgan fingerprint density at radius 3 is 2.38 bits per heavy atom. The van der Waals surface area contributed by atoms with Gasteiger partial charge < -0.3 is 14.8 Å². The van der Waals surface area contributed by atoms with E-state index in [-0.39, 0.29) is 11.9 Å². The van der Waals surface area contributed by atoms with Crippen molar-refractivity contribution in [3.05, 3.63) is 59.7 Å². The summed E-state index contributed by atoms with van der Waals surface area (Å²) >= 11 is 0. The number of fused-ring (bicyclic) bond motifs is 3. The zero-order valence-electron chi connectivity index (χ0n) is 17.5. The number of hydrogen-bond donors (Lipinski definition) is 1. The Bertz CT molecular complexity index is 1050. The summed E-state index contributed by atoms with van der Waals surface area (Å²) in [7, 11) is 4.30. The van der Waals surface area contributed by atoms with Crippen LogP contribution in [-0.4, -0.2) is 40.5 Å². The maximum atomic E-state index is 13.6. The fourth-order valence-corrected chi connectivity index (χ4v) is 5.51. The van der Waals surface area contributed by atoms with Gasteiger partial charge in [0, 0.05) is 36.1 Å². The van der Waals surface area contributed by atoms with Gasteiger partial charge in [-0.3, -0.25) is 4.79 Å². The molecule has 2 saturated heterocycles. The van der Waals surface area contributed by atoms with Crippen LogP contribution in [0.15, 0.2) is 48.5 Å². The molecule has 3 atom stereocenters. The standard InChI is InChI=1S/C25H29N3O/c1-16-9-12-22-21(13-16)23(24(28(22)3)17-7-5-4-6-8-17)25(29)26-18-14-19-10-11-20(15-18)27(19)2/h4-9,12-13,18-20H,10-11,14-15H2,1-3H3,(H,26,29)/t18-,19+,20-. The van der Waals surface area contributed by atoms with E-state index in [1.165, 1.54) is 18.4 Å². The maximum Gasteiger partial charge on any atom is 0.254 e. The van der Waals surface area contributed by atoms with Crippen molar-refractivity contribution in [2.75, 3.05) is 7.05 Å². The predicted octanol–water partition coefficient (Wildman–Crippen LogP) is 4.51. The van der Waals surface area contributed by atoms with Gasteiger partial charge in [-0.2, -0.15) is 0 Å². The number of benzene rings is 2. The van der Waals surface area contributed by atoms with Gasteiger partial charge >= 0.3 is 0 Å². The highest BCUT2D eigenvalue weighted by atomic mass is 16.1. The molecule has 0 saturated carbocycles. The number of aryl methyl sites for hydroxylation is 2. The molecule has 2 aliphatic rings. The first-order valence-electron chi connectivity index (χ1n) is 10.7. The van der Waals surface area contributed by atoms with Crippen LogP contribution in [0.25, 0.3) is 22.2 Å². The van der Waals surface area contributed by atoms with Crippen molar-refractivity contribution in [1.82, 2.24) is 14.8 Å². The number of rotatable bonds is 3. The van der Waals surface area contributed by atoms with E-state index in [1.54, 1.807) is 0 Å². The van der Waals surface area contributed by atoms with Gasteiger partial charge in [0.1, 0.15) is 0 Å². The van der Waals surface area contributed by atoms with E-state index in [1.807, 2.05) is 18.2 Å². The Hall–Kier alpha value is -2.59. The van der Waals surface area contributed by atoms with E-state index in [2.05, 4.69) is 66.1 Å². The lowest BCUT2D eigenvalue weighted by molar-refractivity contribution is 0.0884. The molecule has 4 nitrogen and oxygen atoms in total. The molecule has 150 valence electrons. The van der Waals surface area contributed by atoms with Gasteiger partial charge in [-0.25, -0.2) is 0 Å². The maximum absolute atomic E-state index is 13.6. The molecule has 0 radical (unpaired) electrons. The minimum atomic E-state index is 0.0639. The third-order valence-corrected chi connectivity index (χ3v) is 7.06. The lowest BCUT2D eigenvalue weighted by Crippen LogP contribution is -2.48. The Kier molecular flexibility index (Phi) is 4.47. The summed E-state index contributed by atoms with van der Waals surface area (Å²) in [5, 5.41) is 4.45. The van der Waals surface area contributed by atoms with Crippen molar-refractivity contribution in [1.29, 1.82) is 0 Å². The summed E-state index contributed by atoms with van der Waals surface area (Å²) in [5.74, 6) is 0.0639. The van der Waals surface area contributed by atoms with E-state index in [0.717, 1.165) is 40.6 Å². The van der Waals surface area contributed by atoms with E-state index < -0.39 is 0 Å². The average molecular weight is 388 g/mol. The van der Waals surface area contributed by atoms with Crippen molar-refractivity contribution in [2.24, 2.45) is 7.05 Å². The predicted molar refractivity (Wildman–Crippen MR) is 118 cm³/mol. The van der Waals surface area contributed by atoms with Crippen molar-refractivity contribution in [2.45, 2.75) is 50.7 Å². The van der Waals surface area contributed by atoms with Crippen LogP contribution in [0.5, 0.6) is 0 Å². The SMILES string of the molecule is Cc1ccc2c(c1)c(C(=O)N[C@H]1C[C@H]3CC[C@@H](C1)N3C)c(-c1ccccc1)n2C. The minimum Gasteiger partial charge on any atom is -0.349 e. The molecule has 2 aliphatic heterocycles. The second-order valence-electron chi connectivity index (χ2n) is 8.86. The molecule has 2 bridgehead atoms. The van der Waals surface area contributed by atoms with Gasteiger partial charge in [-0.1, -0.05) is 42.0 Å². The van der Waals surface area contributed by atoms with Crippen LogP contribution in [0.1, 0.15) is 41.6 Å². The first kappa shape index (κ1) is 18.4. The van der Waals surface area contributed by atoms with Crippen LogP contribution in [0.2, 0.25) is 0 Å². The normalized spacial score (nSPS) is 24.2. The van der Waals surface area contributed by atoms with Gasteiger partial charge in [0.05, 0.1) is 11.3 Å². The van der Waals surface area contributed by atoms with E-state index in [4.69, 9.17) is 0 Å². The lowest BCUT2D eigenvalue weighted by Gasteiger charge is -2.36. The highest BCUT2D eigenvalue weighted by Gasteiger charge is 2.39. The van der Waals surface area contributed by atoms with Gasteiger partial charge in [-0.05, 0) is 57.4 Å². The van der Waals surface area contributed by atoms with Crippen molar-refractivity contribution in [3.63, 3.8) is 0 Å². The Balaban J connectivity index is 1.56. The van der Waals surface area contributed by atoms with Crippen LogP contribution in [0.3, 0.4) is 0 Å². The summed E-state index contributed by atoms with van der Waals surface area (Å²) in [6, 6.07) is 18.2. The average Bonchev–Trinajstić information content (AvgIpc) is 3.09. The molecule has 5 rings (SSSR count). The zero-order valence-corrected chi connectivity index (χ0v) is 17.5. The van der Waals surface area contributed by atoms with E-state index in [9.17, 15) is 4.79 Å². The summed E-state index contributed by atoms with van der Waals surface area (Å²) in [4.78, 5) is 16.1. The smallest absolute Gasteiger partial charge is 0.254 e. The summed E-state index contributed by atoms with van der Waals surface area (Å²) in [5.41, 5.74) is 5.16. The van der Waals surface area contributed by atoms with Gasteiger partial charge in [0.2, 0.25) is 0 Å². The number of piperidine rings is 1. The number of carbonyl (C=O) groups excluding carboxylic acids is 1. The van der Waals surface area contributed by atoms with Crippen LogP contribution < -0.4 is 5.32 Å². The number of nitrogens with zero attached hydrogens (tertiary/aromatic N) is 2. The number of aromatic nitrogens is 1. The van der Waals surface area contributed by atoms with Crippen molar-refractivity contribution < 1.29 is 4.79 Å². The van der Waals surface area contributed by atoms with Crippen LogP contribution in [0, 0.1) is 6.92 Å². The molecule has 1 N–H and O–H groups in total. The third-order valence-electron chi connectivity index (χ3n) is 7.06. The first-order valence-corrected chi connectivity index (χ1v) is 10.7. The molecular formula is C25H29N3O. The fourth-order valence-electron chi connectivity index (χ4n) is 5.51. The Morgan fingerprint density at radius 2 is 1.69 bits per heavy atom. The molecule has 2 fully saturated rings. The Labute approximate surface area is 172 Å². The molecule has 2 aromatic carbocycles. The molecule has 29 heavy (non-hydrogen) atoms. The quantitative estimate of drug-likeness (QED) is 0.718. The van der Waals surface area contributed by atoms with Crippen LogP contribution >= 0.6 is 0 Å². The van der Waals surface area contributed by atoms with Gasteiger partial charge in [-0.15, -0.1) is 0 Å². The van der Waals surface area contributed by atoms with Crippen LogP contribution in [-0.2, 0) is 7.05 Å². The van der Waals surface area contributed by atoms with E-state index in [0.29, 0.717) is 12.1 Å². The molecule has 3 heterocycles. The molecular weight excluding hydrogens is 358 g/mol. The third kappa shape index (κ3) is 3.06. The van der Waals surface area contributed by atoms with Crippen LogP contribution in [0.4, 0.5) is 0 Å². The number of nitrogens with one attached hydrogen (secondary N) is 1. The molecule has 0 unspecified atom stereocenters. The Morgan fingerprint density at radius 1 is 1.00 bits per heavy atom. The summed E-state index contributed by atoms with van der Waals surface area (Å²) in [6.45, 7) is 2.09. The second-order valence-corrected chi connectivity index (χ2v) is 8.86. The van der Waals surface area contributed by atoms with Gasteiger partial charge in [0.25, 0.3) is 5.91 Å². The first-order chi connectivity index (χ1) is 14.0. The van der Waals surface area contributed by atoms with Gasteiger partial charge in [0.15, 0.2) is 0 Å². The van der Waals surface area contributed by atoms with Crippen molar-refractivity contribution in [3.8, 4) is 11.3 Å². The second kappa shape index (κ2) is 7.03. The monoisotopic (exact) mass is 387 g/mol. The van der Waals surface area contributed by atoms with E-state index >= 15 is 0 Å². The highest BCUT2D eigenvalue weighted by molar-refractivity contribution is 6.13. The molecule has 1 amide bonds. The molecule has 3 aromatic rings. The minimum absolute atomic E-state index is 0.0639. The molecule has 4 heteroatoms. The lowest BCUT2D eigenvalue weighted by atomic mass is 9.97. The largest absolute Gasteiger partial charge is 0.349 e. The highest BCUT2D eigenvalue weighted by Crippen LogP contribution is 2.36. The number of carbonyl (C=O) groups is 1. The summed E-state index contributed by atoms with van der Waals surface area (Å²) < 4.78 is 2.16. The number of amides is 1. The number of hydrogen-bond acceptors (Lipinski definition) is 2. The summed E-state index contributed by atoms with van der Waals surface area (Å²) in [6.07, 6.45) is 4.64. The zero-order chi connectivity index (χ0) is 20.1. The topological polar surface area (TPSA) is 37.3 Å². The molecule has 1 aromatic heterocycles.